The van der Waals surface area contributed by atoms with Crippen LogP contribution in [0.1, 0.15) is 30.5 Å². The topological polar surface area (TPSA) is 86.8 Å². The summed E-state index contributed by atoms with van der Waals surface area (Å²) in [4.78, 5) is 29.0. The number of anilines is 1. The van der Waals surface area contributed by atoms with E-state index in [9.17, 15) is 18.0 Å². The highest BCUT2D eigenvalue weighted by atomic mass is 32.2. The van der Waals surface area contributed by atoms with Crippen molar-refractivity contribution in [3.8, 4) is 0 Å². The Balaban J connectivity index is 2.02. The Morgan fingerprint density at radius 2 is 1.47 bits per heavy atom. The minimum Gasteiger partial charge on any atom is -0.354 e. The van der Waals surface area contributed by atoms with E-state index in [0.717, 1.165) is 27.3 Å². The molecule has 0 spiro atoms. The van der Waals surface area contributed by atoms with Crippen molar-refractivity contribution in [1.82, 2.24) is 10.2 Å². The second kappa shape index (κ2) is 13.2. The number of nitrogens with zero attached hydrogens (tertiary/aromatic N) is 2. The normalized spacial score (nSPS) is 12.1. The molecule has 2 amide bonds. The van der Waals surface area contributed by atoms with Crippen molar-refractivity contribution in [1.29, 1.82) is 0 Å². The van der Waals surface area contributed by atoms with Gasteiger partial charge in [0.15, 0.2) is 0 Å². The van der Waals surface area contributed by atoms with Crippen LogP contribution in [0, 0.1) is 12.8 Å². The van der Waals surface area contributed by atoms with Gasteiger partial charge in [-0.2, -0.15) is 0 Å². The average Bonchev–Trinajstić information content (AvgIpc) is 2.88. The fourth-order valence-electron chi connectivity index (χ4n) is 4.15. The van der Waals surface area contributed by atoms with Crippen molar-refractivity contribution >= 4 is 27.5 Å². The van der Waals surface area contributed by atoms with E-state index >= 15 is 0 Å². The van der Waals surface area contributed by atoms with E-state index < -0.39 is 28.5 Å². The van der Waals surface area contributed by atoms with E-state index in [4.69, 9.17) is 0 Å². The van der Waals surface area contributed by atoms with Gasteiger partial charge in [-0.15, -0.1) is 0 Å². The third-order valence-electron chi connectivity index (χ3n) is 6.12. The lowest BCUT2D eigenvalue weighted by Crippen LogP contribution is -2.53. The van der Waals surface area contributed by atoms with Crippen LogP contribution in [0.5, 0.6) is 0 Å². The van der Waals surface area contributed by atoms with Crippen molar-refractivity contribution in [3.63, 3.8) is 0 Å². The number of nitrogens with one attached hydrogen (secondary N) is 1. The molecule has 8 heteroatoms. The second-order valence-corrected chi connectivity index (χ2v) is 11.9. The molecule has 0 aliphatic rings. The molecule has 0 heterocycles. The summed E-state index contributed by atoms with van der Waals surface area (Å²) in [5, 5.41) is 2.98. The number of rotatable bonds is 12. The van der Waals surface area contributed by atoms with Crippen LogP contribution in [0.3, 0.4) is 0 Å². The number of sulfonamides is 1. The molecule has 3 aromatic rings. The number of carbonyl (C=O) groups excluding carboxylic acids is 2. The average molecular weight is 536 g/mol. The van der Waals surface area contributed by atoms with Crippen LogP contribution in [0.4, 0.5) is 5.69 Å². The summed E-state index contributed by atoms with van der Waals surface area (Å²) in [5.41, 5.74) is 3.03. The Bertz CT molecular complexity index is 1310. The Labute approximate surface area is 226 Å². The van der Waals surface area contributed by atoms with Crippen LogP contribution in [0.25, 0.3) is 0 Å². The Kier molecular flexibility index (Phi) is 10.1. The molecule has 1 atom stereocenters. The van der Waals surface area contributed by atoms with Crippen LogP contribution in [-0.4, -0.2) is 50.5 Å². The summed E-state index contributed by atoms with van der Waals surface area (Å²) >= 11 is 0. The van der Waals surface area contributed by atoms with Crippen molar-refractivity contribution in [2.75, 3.05) is 23.7 Å². The molecule has 0 radical (unpaired) electrons. The van der Waals surface area contributed by atoms with Crippen LogP contribution in [-0.2, 0) is 32.6 Å². The second-order valence-electron chi connectivity index (χ2n) is 9.96. The molecule has 0 saturated carbocycles. The number of amides is 2. The summed E-state index contributed by atoms with van der Waals surface area (Å²) < 4.78 is 26.7. The highest BCUT2D eigenvalue weighted by molar-refractivity contribution is 7.92. The zero-order valence-corrected chi connectivity index (χ0v) is 23.3. The fourth-order valence-corrected chi connectivity index (χ4v) is 4.99. The molecule has 0 saturated heterocycles. The largest absolute Gasteiger partial charge is 0.354 e. The molecule has 0 bridgehead atoms. The molecule has 0 aliphatic heterocycles. The van der Waals surface area contributed by atoms with Crippen molar-refractivity contribution in [2.24, 2.45) is 5.92 Å². The van der Waals surface area contributed by atoms with E-state index in [1.807, 2.05) is 87.5 Å². The maximum absolute atomic E-state index is 14.0. The maximum Gasteiger partial charge on any atom is 0.244 e. The summed E-state index contributed by atoms with van der Waals surface area (Å²) in [6.45, 7) is 6.09. The SMILES string of the molecule is Cc1cccc(N(CC(=O)N(Cc2ccccc2)[C@@H](Cc2ccccc2)C(=O)NCC(C)C)S(C)(=O)=O)c1. The van der Waals surface area contributed by atoms with Crippen molar-refractivity contribution in [3.05, 3.63) is 102 Å². The first-order valence-corrected chi connectivity index (χ1v) is 14.6. The number of hydrogen-bond acceptors (Lipinski definition) is 4. The van der Waals surface area contributed by atoms with E-state index in [1.54, 1.807) is 18.2 Å². The van der Waals surface area contributed by atoms with Crippen molar-refractivity contribution < 1.29 is 18.0 Å². The lowest BCUT2D eigenvalue weighted by Gasteiger charge is -2.33. The molecule has 0 fully saturated rings. The van der Waals surface area contributed by atoms with E-state index in [2.05, 4.69) is 5.32 Å². The third-order valence-corrected chi connectivity index (χ3v) is 7.26. The summed E-state index contributed by atoms with van der Waals surface area (Å²) in [6.07, 6.45) is 1.38. The van der Waals surface area contributed by atoms with Gasteiger partial charge in [0.25, 0.3) is 0 Å². The van der Waals surface area contributed by atoms with Crippen LogP contribution >= 0.6 is 0 Å². The predicted molar refractivity (Wildman–Crippen MR) is 152 cm³/mol. The predicted octanol–water partition coefficient (Wildman–Crippen LogP) is 4.17. The number of benzene rings is 3. The van der Waals surface area contributed by atoms with Gasteiger partial charge >= 0.3 is 0 Å². The number of aryl methyl sites for hydroxylation is 1. The van der Waals surface area contributed by atoms with Crippen molar-refractivity contribution in [2.45, 2.75) is 39.8 Å². The van der Waals surface area contributed by atoms with E-state index in [1.165, 1.54) is 4.90 Å². The lowest BCUT2D eigenvalue weighted by atomic mass is 10.0. The monoisotopic (exact) mass is 535 g/mol. The summed E-state index contributed by atoms with van der Waals surface area (Å²) in [7, 11) is -3.78. The van der Waals surface area contributed by atoms with Gasteiger partial charge in [-0.1, -0.05) is 86.6 Å². The highest BCUT2D eigenvalue weighted by Crippen LogP contribution is 2.21. The molecule has 3 aromatic carbocycles. The smallest absolute Gasteiger partial charge is 0.244 e. The molecule has 0 unspecified atom stereocenters. The Hall–Kier alpha value is -3.65. The van der Waals surface area contributed by atoms with Crippen LogP contribution < -0.4 is 9.62 Å². The first-order valence-electron chi connectivity index (χ1n) is 12.7. The highest BCUT2D eigenvalue weighted by Gasteiger charge is 2.33. The van der Waals surface area contributed by atoms with E-state index in [0.29, 0.717) is 18.7 Å². The van der Waals surface area contributed by atoms with Crippen LogP contribution in [0.15, 0.2) is 84.9 Å². The quantitative estimate of drug-likeness (QED) is 0.377. The molecule has 38 heavy (non-hydrogen) atoms. The van der Waals surface area contributed by atoms with Gasteiger partial charge in [-0.3, -0.25) is 13.9 Å². The first-order chi connectivity index (χ1) is 18.0. The third kappa shape index (κ3) is 8.45. The molecule has 1 N–H and O–H groups in total. The van der Waals surface area contributed by atoms with Gasteiger partial charge in [-0.05, 0) is 41.7 Å². The molecular weight excluding hydrogens is 498 g/mol. The maximum atomic E-state index is 14.0. The van der Waals surface area contributed by atoms with Gasteiger partial charge in [0.1, 0.15) is 12.6 Å². The van der Waals surface area contributed by atoms with Gasteiger partial charge in [0.2, 0.25) is 21.8 Å². The van der Waals surface area contributed by atoms with E-state index in [-0.39, 0.29) is 18.4 Å². The molecule has 3 rings (SSSR count). The van der Waals surface area contributed by atoms with Gasteiger partial charge in [0.05, 0.1) is 11.9 Å². The van der Waals surface area contributed by atoms with Gasteiger partial charge < -0.3 is 10.2 Å². The summed E-state index contributed by atoms with van der Waals surface area (Å²) in [5.74, 6) is -0.494. The number of carbonyl (C=O) groups is 2. The first kappa shape index (κ1) is 28.9. The number of hydrogen-bond donors (Lipinski definition) is 1. The van der Waals surface area contributed by atoms with Gasteiger partial charge in [0, 0.05) is 19.5 Å². The van der Waals surface area contributed by atoms with Gasteiger partial charge in [-0.25, -0.2) is 8.42 Å². The fraction of sp³-hybridized carbons (Fsp3) is 0.333. The molecule has 0 aliphatic carbocycles. The molecule has 0 aromatic heterocycles. The zero-order valence-electron chi connectivity index (χ0n) is 22.5. The Morgan fingerprint density at radius 1 is 0.868 bits per heavy atom. The minimum atomic E-state index is -3.78. The molecule has 202 valence electrons. The minimum absolute atomic E-state index is 0.164. The zero-order chi connectivity index (χ0) is 27.7. The Morgan fingerprint density at radius 3 is 2.03 bits per heavy atom. The standard InChI is InChI=1S/C30H37N3O4S/c1-23(2)20-31-30(35)28(19-25-13-7-5-8-14-25)32(21-26-15-9-6-10-16-26)29(34)22-33(38(4,36)37)27-17-11-12-24(3)18-27/h5-18,23,28H,19-22H2,1-4H3,(H,31,35)/t28-/m0/s1. The van der Waals surface area contributed by atoms with Crippen LogP contribution in [0.2, 0.25) is 0 Å². The summed E-state index contributed by atoms with van der Waals surface area (Å²) in [6, 6.07) is 25.1. The lowest BCUT2D eigenvalue weighted by molar-refractivity contribution is -0.140. The molecular formula is C30H37N3O4S. The molecule has 7 nitrogen and oxygen atoms in total.